The maximum atomic E-state index is 11.8. The number of carbonyl (C=O) groups excluding carboxylic acids is 1. The van der Waals surface area contributed by atoms with Gasteiger partial charge in [0.25, 0.3) is 5.91 Å². The van der Waals surface area contributed by atoms with Crippen molar-refractivity contribution in [1.29, 1.82) is 0 Å². The van der Waals surface area contributed by atoms with Crippen molar-refractivity contribution in [3.8, 4) is 0 Å². The monoisotopic (exact) mass is 279 g/mol. The second kappa shape index (κ2) is 5.58. The number of hydrogen-bond acceptors (Lipinski definition) is 3. The van der Waals surface area contributed by atoms with Gasteiger partial charge in [-0.05, 0) is 41.4 Å². The average Bonchev–Trinajstić information content (AvgIpc) is 2.75. The predicted molar refractivity (Wildman–Crippen MR) is 69.5 cm³/mol. The fourth-order valence-corrected chi connectivity index (χ4v) is 1.71. The second-order valence-corrected chi connectivity index (χ2v) is 4.20. The molecule has 1 aromatic carbocycles. The Bertz CT molecular complexity index is 621. The SMILES string of the molecule is O=C(O)Cc1cccc(NC(=O)c2ccc(Cl)o2)c1. The highest BCUT2D eigenvalue weighted by Gasteiger charge is 2.11. The van der Waals surface area contributed by atoms with Gasteiger partial charge in [-0.1, -0.05) is 12.1 Å². The normalized spacial score (nSPS) is 10.2. The number of anilines is 1. The van der Waals surface area contributed by atoms with Crippen LogP contribution in [0.4, 0.5) is 5.69 Å². The van der Waals surface area contributed by atoms with Gasteiger partial charge < -0.3 is 14.8 Å². The number of carboxylic acid groups (broad SMARTS) is 1. The standard InChI is InChI=1S/C13H10ClNO4/c14-11-5-4-10(19-11)13(18)15-9-3-1-2-8(6-9)7-12(16)17/h1-6H,7H2,(H,15,18)(H,16,17). The first-order chi connectivity index (χ1) is 9.04. The molecule has 2 N–H and O–H groups in total. The zero-order chi connectivity index (χ0) is 13.8. The van der Waals surface area contributed by atoms with Gasteiger partial charge in [0.1, 0.15) is 0 Å². The van der Waals surface area contributed by atoms with Crippen LogP contribution in [0.3, 0.4) is 0 Å². The number of rotatable bonds is 4. The van der Waals surface area contributed by atoms with E-state index in [1.54, 1.807) is 24.3 Å². The van der Waals surface area contributed by atoms with Crippen molar-refractivity contribution in [1.82, 2.24) is 0 Å². The van der Waals surface area contributed by atoms with E-state index < -0.39 is 11.9 Å². The number of halogens is 1. The zero-order valence-corrected chi connectivity index (χ0v) is 10.5. The second-order valence-electron chi connectivity index (χ2n) is 3.83. The minimum absolute atomic E-state index is 0.0913. The fraction of sp³-hybridized carbons (Fsp3) is 0.0769. The number of carbonyl (C=O) groups is 2. The van der Waals surface area contributed by atoms with Crippen LogP contribution >= 0.6 is 11.6 Å². The molecule has 1 amide bonds. The Kier molecular flexibility index (Phi) is 3.87. The van der Waals surface area contributed by atoms with Gasteiger partial charge in [0.15, 0.2) is 11.0 Å². The van der Waals surface area contributed by atoms with Crippen molar-refractivity contribution in [2.24, 2.45) is 0 Å². The van der Waals surface area contributed by atoms with E-state index >= 15 is 0 Å². The van der Waals surface area contributed by atoms with E-state index in [1.807, 2.05) is 0 Å². The van der Waals surface area contributed by atoms with E-state index in [-0.39, 0.29) is 17.4 Å². The van der Waals surface area contributed by atoms with E-state index in [2.05, 4.69) is 5.32 Å². The Hall–Kier alpha value is -2.27. The predicted octanol–water partition coefficient (Wildman–Crippen LogP) is 2.81. The molecule has 2 aromatic rings. The molecule has 0 unspecified atom stereocenters. The first-order valence-electron chi connectivity index (χ1n) is 5.42. The molecular weight excluding hydrogens is 270 g/mol. The highest BCUT2D eigenvalue weighted by molar-refractivity contribution is 6.29. The molecule has 0 radical (unpaired) electrons. The molecule has 0 saturated heterocycles. The first-order valence-corrected chi connectivity index (χ1v) is 5.80. The molecule has 0 atom stereocenters. The summed E-state index contributed by atoms with van der Waals surface area (Å²) in [4.78, 5) is 22.4. The van der Waals surface area contributed by atoms with E-state index in [1.165, 1.54) is 12.1 Å². The summed E-state index contributed by atoms with van der Waals surface area (Å²) < 4.78 is 4.97. The number of benzene rings is 1. The molecule has 5 nitrogen and oxygen atoms in total. The highest BCUT2D eigenvalue weighted by Crippen LogP contribution is 2.16. The molecule has 0 aliphatic rings. The molecule has 19 heavy (non-hydrogen) atoms. The Morgan fingerprint density at radius 2 is 2.05 bits per heavy atom. The lowest BCUT2D eigenvalue weighted by Crippen LogP contribution is -2.11. The van der Waals surface area contributed by atoms with E-state index in [0.29, 0.717) is 11.3 Å². The van der Waals surface area contributed by atoms with Crippen molar-refractivity contribution < 1.29 is 19.1 Å². The van der Waals surface area contributed by atoms with Crippen LogP contribution in [0.1, 0.15) is 16.1 Å². The molecule has 0 spiro atoms. The number of aliphatic carboxylic acids is 1. The number of amides is 1. The smallest absolute Gasteiger partial charge is 0.307 e. The van der Waals surface area contributed by atoms with Gasteiger partial charge in [0.05, 0.1) is 6.42 Å². The molecule has 2 rings (SSSR count). The summed E-state index contributed by atoms with van der Waals surface area (Å²) in [5.41, 5.74) is 1.10. The fourth-order valence-electron chi connectivity index (χ4n) is 1.56. The third-order valence-corrected chi connectivity index (χ3v) is 2.54. The summed E-state index contributed by atoms with van der Waals surface area (Å²) in [5, 5.41) is 11.4. The Morgan fingerprint density at radius 3 is 2.68 bits per heavy atom. The van der Waals surface area contributed by atoms with Gasteiger partial charge in [0, 0.05) is 5.69 Å². The van der Waals surface area contributed by atoms with Crippen LogP contribution in [0, 0.1) is 0 Å². The molecule has 1 heterocycles. The molecular formula is C13H10ClNO4. The van der Waals surface area contributed by atoms with Crippen LogP contribution < -0.4 is 5.32 Å². The van der Waals surface area contributed by atoms with Crippen LogP contribution in [0.25, 0.3) is 0 Å². The quantitative estimate of drug-likeness (QED) is 0.902. The Balaban J connectivity index is 2.10. The average molecular weight is 280 g/mol. The maximum absolute atomic E-state index is 11.8. The highest BCUT2D eigenvalue weighted by atomic mass is 35.5. The van der Waals surface area contributed by atoms with Crippen LogP contribution in [0.2, 0.25) is 5.22 Å². The lowest BCUT2D eigenvalue weighted by atomic mass is 10.1. The molecule has 0 aliphatic carbocycles. The number of hydrogen-bond donors (Lipinski definition) is 2. The Labute approximate surface area is 113 Å². The summed E-state index contributed by atoms with van der Waals surface area (Å²) in [6, 6.07) is 9.52. The third-order valence-electron chi connectivity index (χ3n) is 2.34. The van der Waals surface area contributed by atoms with Gasteiger partial charge in [-0.2, -0.15) is 0 Å². The van der Waals surface area contributed by atoms with Crippen molar-refractivity contribution >= 4 is 29.2 Å². The van der Waals surface area contributed by atoms with Crippen molar-refractivity contribution in [3.05, 3.63) is 52.9 Å². The van der Waals surface area contributed by atoms with Gasteiger partial charge in [0.2, 0.25) is 0 Å². The largest absolute Gasteiger partial charge is 0.481 e. The van der Waals surface area contributed by atoms with Gasteiger partial charge >= 0.3 is 5.97 Å². The van der Waals surface area contributed by atoms with Crippen molar-refractivity contribution in [2.45, 2.75) is 6.42 Å². The van der Waals surface area contributed by atoms with Crippen LogP contribution in [0.5, 0.6) is 0 Å². The minimum Gasteiger partial charge on any atom is -0.481 e. The topological polar surface area (TPSA) is 79.5 Å². The number of nitrogens with one attached hydrogen (secondary N) is 1. The summed E-state index contributed by atoms with van der Waals surface area (Å²) in [6.07, 6.45) is -0.101. The van der Waals surface area contributed by atoms with E-state index in [4.69, 9.17) is 21.1 Å². The molecule has 0 fully saturated rings. The van der Waals surface area contributed by atoms with Crippen LogP contribution in [0.15, 0.2) is 40.8 Å². The molecule has 0 aliphatic heterocycles. The lowest BCUT2D eigenvalue weighted by Gasteiger charge is -2.05. The number of furan rings is 1. The molecule has 1 aromatic heterocycles. The van der Waals surface area contributed by atoms with Crippen molar-refractivity contribution in [3.63, 3.8) is 0 Å². The Morgan fingerprint density at radius 1 is 1.26 bits per heavy atom. The van der Waals surface area contributed by atoms with Crippen molar-refractivity contribution in [2.75, 3.05) is 5.32 Å². The van der Waals surface area contributed by atoms with E-state index in [9.17, 15) is 9.59 Å². The maximum Gasteiger partial charge on any atom is 0.307 e. The minimum atomic E-state index is -0.929. The van der Waals surface area contributed by atoms with E-state index in [0.717, 1.165) is 0 Å². The van der Waals surface area contributed by atoms with Gasteiger partial charge in [-0.3, -0.25) is 9.59 Å². The van der Waals surface area contributed by atoms with Crippen LogP contribution in [-0.4, -0.2) is 17.0 Å². The zero-order valence-electron chi connectivity index (χ0n) is 9.72. The molecule has 0 saturated carbocycles. The molecule has 98 valence electrons. The summed E-state index contributed by atoms with van der Waals surface area (Å²) >= 11 is 5.58. The van der Waals surface area contributed by atoms with Gasteiger partial charge in [-0.25, -0.2) is 0 Å². The number of carboxylic acids is 1. The summed E-state index contributed by atoms with van der Waals surface area (Å²) in [5.74, 6) is -1.28. The molecule has 6 heteroatoms. The van der Waals surface area contributed by atoms with Gasteiger partial charge in [-0.15, -0.1) is 0 Å². The summed E-state index contributed by atoms with van der Waals surface area (Å²) in [7, 11) is 0. The first kappa shape index (κ1) is 13.2. The molecule has 0 bridgehead atoms. The third kappa shape index (κ3) is 3.59. The van der Waals surface area contributed by atoms with Crippen LogP contribution in [-0.2, 0) is 11.2 Å². The summed E-state index contributed by atoms with van der Waals surface area (Å²) in [6.45, 7) is 0. The lowest BCUT2D eigenvalue weighted by molar-refractivity contribution is -0.136.